The van der Waals surface area contributed by atoms with Crippen LogP contribution in [0.3, 0.4) is 0 Å². The van der Waals surface area contributed by atoms with Gasteiger partial charge in [-0.15, -0.1) is 23.2 Å². The third kappa shape index (κ3) is 3.54. The first kappa shape index (κ1) is 17.9. The molecule has 4 nitrogen and oxygen atoms in total. The minimum atomic E-state index is -0.985. The lowest BCUT2D eigenvalue weighted by molar-refractivity contribution is -0.126. The van der Waals surface area contributed by atoms with E-state index in [1.54, 1.807) is 19.1 Å². The maximum absolute atomic E-state index is 13.2. The summed E-state index contributed by atoms with van der Waals surface area (Å²) in [4.78, 5) is 14.7. The van der Waals surface area contributed by atoms with E-state index >= 15 is 0 Å². The van der Waals surface area contributed by atoms with Crippen LogP contribution in [0.15, 0.2) is 24.3 Å². The summed E-state index contributed by atoms with van der Waals surface area (Å²) in [5, 5.41) is 2.97. The number of hydrogen-bond acceptors (Lipinski definition) is 3. The smallest absolute Gasteiger partial charge is 0.229 e. The van der Waals surface area contributed by atoms with Crippen LogP contribution in [0.4, 0.5) is 4.39 Å². The number of halogens is 3. The standard InChI is InChI=1S/C17H21Cl2FN2O2/c1-16(11-17(16,18)19)15(23)21-10-14(22-6-8-24-9-7-22)12-2-4-13(20)5-3-12/h2-5,14H,6-11H2,1H3,(H,21,23). The van der Waals surface area contributed by atoms with Crippen molar-refractivity contribution in [1.82, 2.24) is 10.2 Å². The Bertz CT molecular complexity index is 605. The zero-order valence-corrected chi connectivity index (χ0v) is 15.0. The summed E-state index contributed by atoms with van der Waals surface area (Å²) in [5.74, 6) is -0.420. The number of carbonyl (C=O) groups excluding carboxylic acids is 1. The summed E-state index contributed by atoms with van der Waals surface area (Å²) < 4.78 is 17.6. The fourth-order valence-electron chi connectivity index (χ4n) is 3.06. The fraction of sp³-hybridized carbons (Fsp3) is 0.588. The molecule has 1 amide bonds. The van der Waals surface area contributed by atoms with Crippen molar-refractivity contribution < 1.29 is 13.9 Å². The average molecular weight is 375 g/mol. The Balaban J connectivity index is 1.70. The highest BCUT2D eigenvalue weighted by molar-refractivity contribution is 6.53. The molecule has 1 heterocycles. The number of ether oxygens (including phenoxy) is 1. The van der Waals surface area contributed by atoms with Crippen LogP contribution in [-0.2, 0) is 9.53 Å². The van der Waals surface area contributed by atoms with Gasteiger partial charge in [0.1, 0.15) is 10.2 Å². The summed E-state index contributed by atoms with van der Waals surface area (Å²) in [5.41, 5.74) is 0.219. The second-order valence-electron chi connectivity index (χ2n) is 6.64. The number of hydrogen-bond donors (Lipinski definition) is 1. The number of amides is 1. The first-order valence-corrected chi connectivity index (χ1v) is 8.82. The molecular formula is C17H21Cl2FN2O2. The van der Waals surface area contributed by atoms with Crippen LogP contribution < -0.4 is 5.32 Å². The number of benzene rings is 1. The van der Waals surface area contributed by atoms with E-state index in [0.29, 0.717) is 26.2 Å². The maximum Gasteiger partial charge on any atom is 0.229 e. The third-order valence-electron chi connectivity index (χ3n) is 4.96. The highest BCUT2D eigenvalue weighted by Crippen LogP contribution is 2.63. The molecule has 1 aromatic carbocycles. The maximum atomic E-state index is 13.2. The lowest BCUT2D eigenvalue weighted by Gasteiger charge is -2.35. The summed E-state index contributed by atoms with van der Waals surface area (Å²) in [6, 6.07) is 6.35. The van der Waals surface area contributed by atoms with Gasteiger partial charge < -0.3 is 10.1 Å². The second-order valence-corrected chi connectivity index (χ2v) is 8.12. The number of rotatable bonds is 5. The predicted molar refractivity (Wildman–Crippen MR) is 91.7 cm³/mol. The molecule has 0 bridgehead atoms. The van der Waals surface area contributed by atoms with Crippen LogP contribution >= 0.6 is 23.2 Å². The molecule has 132 valence electrons. The summed E-state index contributed by atoms with van der Waals surface area (Å²) in [7, 11) is 0. The molecule has 1 N–H and O–H groups in total. The molecule has 1 saturated heterocycles. The number of morpholine rings is 1. The number of nitrogens with zero attached hydrogens (tertiary/aromatic N) is 1. The van der Waals surface area contributed by atoms with E-state index in [1.807, 2.05) is 0 Å². The normalized spacial score (nSPS) is 27.5. The Morgan fingerprint density at radius 2 is 1.92 bits per heavy atom. The van der Waals surface area contributed by atoms with Gasteiger partial charge >= 0.3 is 0 Å². The van der Waals surface area contributed by atoms with E-state index in [0.717, 1.165) is 18.7 Å². The SMILES string of the molecule is CC1(C(=O)NCC(c2ccc(F)cc2)N2CCOCC2)CC1(Cl)Cl. The highest BCUT2D eigenvalue weighted by Gasteiger charge is 2.67. The predicted octanol–water partition coefficient (Wildman–Crippen LogP) is 2.90. The Hall–Kier alpha value is -0.880. The first-order chi connectivity index (χ1) is 11.3. The molecule has 2 fully saturated rings. The van der Waals surface area contributed by atoms with Crippen LogP contribution in [0.2, 0.25) is 0 Å². The third-order valence-corrected chi connectivity index (χ3v) is 6.06. The van der Waals surface area contributed by atoms with Gasteiger partial charge in [0, 0.05) is 19.6 Å². The van der Waals surface area contributed by atoms with Gasteiger partial charge in [0.2, 0.25) is 5.91 Å². The molecule has 2 unspecified atom stereocenters. The van der Waals surface area contributed by atoms with E-state index in [2.05, 4.69) is 10.2 Å². The van der Waals surface area contributed by atoms with Crippen LogP contribution in [0.1, 0.15) is 24.9 Å². The van der Waals surface area contributed by atoms with Crippen molar-refractivity contribution >= 4 is 29.1 Å². The van der Waals surface area contributed by atoms with Gasteiger partial charge in [-0.05, 0) is 31.0 Å². The molecule has 1 aliphatic carbocycles. The van der Waals surface area contributed by atoms with Crippen molar-refractivity contribution in [1.29, 1.82) is 0 Å². The Morgan fingerprint density at radius 3 is 2.46 bits per heavy atom. The number of carbonyl (C=O) groups is 1. The Labute approximate surface area is 151 Å². The quantitative estimate of drug-likeness (QED) is 0.805. The zero-order valence-electron chi connectivity index (χ0n) is 13.5. The van der Waals surface area contributed by atoms with Gasteiger partial charge in [0.25, 0.3) is 0 Å². The highest BCUT2D eigenvalue weighted by atomic mass is 35.5. The lowest BCUT2D eigenvalue weighted by Crippen LogP contribution is -2.45. The van der Waals surface area contributed by atoms with Crippen molar-refractivity contribution in [2.75, 3.05) is 32.8 Å². The van der Waals surface area contributed by atoms with E-state index < -0.39 is 9.75 Å². The summed E-state index contributed by atoms with van der Waals surface area (Å²) in [6.45, 7) is 5.02. The molecule has 2 atom stereocenters. The Kier molecular flexibility index (Phi) is 5.07. The fourth-order valence-corrected chi connectivity index (χ4v) is 3.77. The largest absolute Gasteiger partial charge is 0.379 e. The minimum Gasteiger partial charge on any atom is -0.379 e. The van der Waals surface area contributed by atoms with E-state index in [-0.39, 0.29) is 17.8 Å². The molecule has 1 aliphatic heterocycles. The number of nitrogens with one attached hydrogen (secondary N) is 1. The molecule has 0 radical (unpaired) electrons. The molecule has 0 spiro atoms. The molecule has 0 aromatic heterocycles. The van der Waals surface area contributed by atoms with Crippen LogP contribution in [0, 0.1) is 11.2 Å². The summed E-state index contributed by atoms with van der Waals surface area (Å²) in [6.07, 6.45) is 0.452. The van der Waals surface area contributed by atoms with Crippen LogP contribution in [0.25, 0.3) is 0 Å². The van der Waals surface area contributed by atoms with E-state index in [9.17, 15) is 9.18 Å². The van der Waals surface area contributed by atoms with Gasteiger partial charge in [-0.3, -0.25) is 9.69 Å². The van der Waals surface area contributed by atoms with Crippen molar-refractivity contribution in [2.24, 2.45) is 5.41 Å². The molecule has 1 aromatic rings. The molecular weight excluding hydrogens is 354 g/mol. The van der Waals surface area contributed by atoms with E-state index in [4.69, 9.17) is 27.9 Å². The monoisotopic (exact) mass is 374 g/mol. The van der Waals surface area contributed by atoms with Crippen LogP contribution in [0.5, 0.6) is 0 Å². The van der Waals surface area contributed by atoms with Crippen molar-refractivity contribution in [3.05, 3.63) is 35.6 Å². The average Bonchev–Trinajstić information content (AvgIpc) is 3.09. The summed E-state index contributed by atoms with van der Waals surface area (Å²) >= 11 is 12.2. The molecule has 7 heteroatoms. The van der Waals surface area contributed by atoms with Crippen molar-refractivity contribution in [3.8, 4) is 0 Å². The van der Waals surface area contributed by atoms with Gasteiger partial charge in [-0.1, -0.05) is 12.1 Å². The van der Waals surface area contributed by atoms with Gasteiger partial charge in [-0.2, -0.15) is 0 Å². The van der Waals surface area contributed by atoms with Gasteiger partial charge in [0.15, 0.2) is 0 Å². The van der Waals surface area contributed by atoms with E-state index in [1.165, 1.54) is 12.1 Å². The van der Waals surface area contributed by atoms with Crippen molar-refractivity contribution in [3.63, 3.8) is 0 Å². The molecule has 24 heavy (non-hydrogen) atoms. The van der Waals surface area contributed by atoms with Crippen molar-refractivity contribution in [2.45, 2.75) is 23.7 Å². The lowest BCUT2D eigenvalue weighted by atomic mass is 10.0. The molecule has 1 saturated carbocycles. The molecule has 3 rings (SSSR count). The zero-order chi connectivity index (χ0) is 17.4. The van der Waals surface area contributed by atoms with Gasteiger partial charge in [0.05, 0.1) is 24.7 Å². The minimum absolute atomic E-state index is 0.0409. The second kappa shape index (κ2) is 6.79. The topological polar surface area (TPSA) is 41.6 Å². The van der Waals surface area contributed by atoms with Gasteiger partial charge in [-0.25, -0.2) is 4.39 Å². The number of alkyl halides is 2. The first-order valence-electron chi connectivity index (χ1n) is 8.07. The molecule has 2 aliphatic rings. The van der Waals surface area contributed by atoms with Crippen LogP contribution in [-0.4, -0.2) is 48.0 Å². The Morgan fingerprint density at radius 1 is 1.33 bits per heavy atom.